The van der Waals surface area contributed by atoms with Gasteiger partial charge in [-0.15, -0.1) is 0 Å². The Balaban J connectivity index is 1.83. The van der Waals surface area contributed by atoms with Crippen LogP contribution in [0.4, 0.5) is 5.69 Å². The van der Waals surface area contributed by atoms with Crippen LogP contribution in [0.2, 0.25) is 0 Å². The molecule has 1 aliphatic heterocycles. The van der Waals surface area contributed by atoms with Gasteiger partial charge in [0.05, 0.1) is 17.2 Å². The number of anilines is 1. The average Bonchev–Trinajstić information content (AvgIpc) is 2.96. The summed E-state index contributed by atoms with van der Waals surface area (Å²) in [4.78, 5) is 12.2. The standard InChI is InChI=1S/C15H10N2O3/c16-8-10-4-6-11(7-5-10)17-15(18)12-2-1-3-13-14(12)20-9-19-13/h1-7H,9H2,(H,17,18). The van der Waals surface area contributed by atoms with Crippen LogP contribution in [0.3, 0.4) is 0 Å². The molecule has 1 heterocycles. The highest BCUT2D eigenvalue weighted by Gasteiger charge is 2.21. The Morgan fingerprint density at radius 2 is 1.95 bits per heavy atom. The number of benzene rings is 2. The minimum atomic E-state index is -0.281. The Kier molecular flexibility index (Phi) is 2.98. The van der Waals surface area contributed by atoms with Crippen LogP contribution in [0, 0.1) is 11.3 Å². The molecular weight excluding hydrogens is 256 g/mol. The number of para-hydroxylation sites is 1. The van der Waals surface area contributed by atoms with E-state index in [1.54, 1.807) is 42.5 Å². The van der Waals surface area contributed by atoms with Gasteiger partial charge < -0.3 is 14.8 Å². The first kappa shape index (κ1) is 12.1. The van der Waals surface area contributed by atoms with Crippen molar-refractivity contribution in [3.8, 4) is 17.6 Å². The van der Waals surface area contributed by atoms with E-state index in [9.17, 15) is 4.79 Å². The van der Waals surface area contributed by atoms with Crippen molar-refractivity contribution in [3.63, 3.8) is 0 Å². The molecule has 98 valence electrons. The summed E-state index contributed by atoms with van der Waals surface area (Å²) < 4.78 is 10.5. The van der Waals surface area contributed by atoms with Crippen molar-refractivity contribution in [2.24, 2.45) is 0 Å². The van der Waals surface area contributed by atoms with E-state index in [1.807, 2.05) is 6.07 Å². The van der Waals surface area contributed by atoms with Gasteiger partial charge in [0.15, 0.2) is 11.5 Å². The topological polar surface area (TPSA) is 71.4 Å². The highest BCUT2D eigenvalue weighted by molar-refractivity contribution is 6.06. The Bertz CT molecular complexity index is 702. The molecule has 20 heavy (non-hydrogen) atoms. The minimum Gasteiger partial charge on any atom is -0.454 e. The van der Waals surface area contributed by atoms with E-state index < -0.39 is 0 Å². The van der Waals surface area contributed by atoms with Gasteiger partial charge in [0.1, 0.15) is 0 Å². The number of hydrogen-bond acceptors (Lipinski definition) is 4. The maximum absolute atomic E-state index is 12.2. The van der Waals surface area contributed by atoms with Crippen molar-refractivity contribution in [2.75, 3.05) is 12.1 Å². The maximum Gasteiger partial charge on any atom is 0.259 e. The number of nitrogens with zero attached hydrogens (tertiary/aromatic N) is 1. The molecule has 0 aliphatic carbocycles. The predicted octanol–water partition coefficient (Wildman–Crippen LogP) is 2.54. The van der Waals surface area contributed by atoms with E-state index >= 15 is 0 Å². The molecule has 1 N–H and O–H groups in total. The lowest BCUT2D eigenvalue weighted by Crippen LogP contribution is -2.12. The highest BCUT2D eigenvalue weighted by Crippen LogP contribution is 2.35. The maximum atomic E-state index is 12.2. The first-order valence-electron chi connectivity index (χ1n) is 5.98. The molecule has 0 bridgehead atoms. The number of amides is 1. The van der Waals surface area contributed by atoms with Gasteiger partial charge in [-0.25, -0.2) is 0 Å². The molecule has 1 aliphatic rings. The molecule has 0 unspecified atom stereocenters. The van der Waals surface area contributed by atoms with Gasteiger partial charge in [0, 0.05) is 5.69 Å². The lowest BCUT2D eigenvalue weighted by atomic mass is 10.1. The van der Waals surface area contributed by atoms with Gasteiger partial charge in [0.2, 0.25) is 6.79 Å². The van der Waals surface area contributed by atoms with E-state index in [2.05, 4.69) is 5.32 Å². The van der Waals surface area contributed by atoms with E-state index in [-0.39, 0.29) is 12.7 Å². The van der Waals surface area contributed by atoms with Gasteiger partial charge in [0.25, 0.3) is 5.91 Å². The van der Waals surface area contributed by atoms with Crippen LogP contribution in [0.5, 0.6) is 11.5 Å². The van der Waals surface area contributed by atoms with Crippen molar-refractivity contribution >= 4 is 11.6 Å². The molecule has 0 saturated carbocycles. The molecule has 0 radical (unpaired) electrons. The second kappa shape index (κ2) is 4.94. The van der Waals surface area contributed by atoms with Crippen LogP contribution in [0.15, 0.2) is 42.5 Å². The number of hydrogen-bond donors (Lipinski definition) is 1. The van der Waals surface area contributed by atoms with E-state index in [1.165, 1.54) is 0 Å². The summed E-state index contributed by atoms with van der Waals surface area (Å²) in [5.41, 5.74) is 1.58. The van der Waals surface area contributed by atoms with E-state index in [0.717, 1.165) is 0 Å². The van der Waals surface area contributed by atoms with Crippen molar-refractivity contribution in [3.05, 3.63) is 53.6 Å². The van der Waals surface area contributed by atoms with Crippen LogP contribution in [0.1, 0.15) is 15.9 Å². The van der Waals surface area contributed by atoms with Crippen LogP contribution >= 0.6 is 0 Å². The normalized spacial score (nSPS) is 11.8. The van der Waals surface area contributed by atoms with Crippen LogP contribution in [-0.2, 0) is 0 Å². The number of carbonyl (C=O) groups is 1. The van der Waals surface area contributed by atoms with Crippen molar-refractivity contribution in [1.82, 2.24) is 0 Å². The fourth-order valence-corrected chi connectivity index (χ4v) is 1.94. The van der Waals surface area contributed by atoms with Crippen LogP contribution in [-0.4, -0.2) is 12.7 Å². The number of nitrogens with one attached hydrogen (secondary N) is 1. The fourth-order valence-electron chi connectivity index (χ4n) is 1.94. The molecule has 3 rings (SSSR count). The molecule has 2 aromatic carbocycles. The minimum absolute atomic E-state index is 0.122. The summed E-state index contributed by atoms with van der Waals surface area (Å²) >= 11 is 0. The number of fused-ring (bicyclic) bond motifs is 1. The molecule has 2 aromatic rings. The Hall–Kier alpha value is -3.00. The highest BCUT2D eigenvalue weighted by atomic mass is 16.7. The molecule has 0 fully saturated rings. The molecule has 0 atom stereocenters. The molecule has 5 heteroatoms. The quantitative estimate of drug-likeness (QED) is 0.906. The predicted molar refractivity (Wildman–Crippen MR) is 71.7 cm³/mol. The van der Waals surface area contributed by atoms with Gasteiger partial charge in [-0.3, -0.25) is 4.79 Å². The summed E-state index contributed by atoms with van der Waals surface area (Å²) in [7, 11) is 0. The molecule has 1 amide bonds. The lowest BCUT2D eigenvalue weighted by Gasteiger charge is -2.07. The monoisotopic (exact) mass is 266 g/mol. The number of rotatable bonds is 2. The summed E-state index contributed by atoms with van der Waals surface area (Å²) in [5, 5.41) is 11.5. The zero-order valence-electron chi connectivity index (χ0n) is 10.4. The lowest BCUT2D eigenvalue weighted by molar-refractivity contribution is 0.102. The van der Waals surface area contributed by atoms with Crippen molar-refractivity contribution in [2.45, 2.75) is 0 Å². The number of carbonyl (C=O) groups excluding carboxylic acids is 1. The zero-order valence-corrected chi connectivity index (χ0v) is 10.4. The third-order valence-electron chi connectivity index (χ3n) is 2.91. The Labute approximate surface area is 115 Å². The first-order valence-corrected chi connectivity index (χ1v) is 5.98. The largest absolute Gasteiger partial charge is 0.454 e. The van der Waals surface area contributed by atoms with Crippen LogP contribution in [0.25, 0.3) is 0 Å². The SMILES string of the molecule is N#Cc1ccc(NC(=O)c2cccc3c2OCO3)cc1. The Morgan fingerprint density at radius 3 is 2.70 bits per heavy atom. The smallest absolute Gasteiger partial charge is 0.259 e. The van der Waals surface area contributed by atoms with Gasteiger partial charge >= 0.3 is 0 Å². The molecule has 0 aromatic heterocycles. The molecule has 0 saturated heterocycles. The summed E-state index contributed by atoms with van der Waals surface area (Å²) in [6.45, 7) is 0.122. The van der Waals surface area contributed by atoms with Crippen molar-refractivity contribution < 1.29 is 14.3 Å². The number of ether oxygens (including phenoxy) is 2. The van der Waals surface area contributed by atoms with Crippen molar-refractivity contribution in [1.29, 1.82) is 5.26 Å². The number of nitriles is 1. The van der Waals surface area contributed by atoms with Crippen LogP contribution < -0.4 is 14.8 Å². The Morgan fingerprint density at radius 1 is 1.15 bits per heavy atom. The van der Waals surface area contributed by atoms with Gasteiger partial charge in [-0.1, -0.05) is 6.07 Å². The fraction of sp³-hybridized carbons (Fsp3) is 0.0667. The summed E-state index contributed by atoms with van der Waals surface area (Å²) in [6, 6.07) is 13.8. The van der Waals surface area contributed by atoms with Gasteiger partial charge in [-0.05, 0) is 36.4 Å². The second-order valence-corrected chi connectivity index (χ2v) is 4.18. The second-order valence-electron chi connectivity index (χ2n) is 4.18. The summed E-state index contributed by atoms with van der Waals surface area (Å²) in [5.74, 6) is 0.744. The first-order chi connectivity index (χ1) is 9.78. The average molecular weight is 266 g/mol. The third-order valence-corrected chi connectivity index (χ3v) is 2.91. The van der Waals surface area contributed by atoms with Gasteiger partial charge in [-0.2, -0.15) is 5.26 Å². The molecular formula is C15H10N2O3. The zero-order chi connectivity index (χ0) is 13.9. The molecule has 0 spiro atoms. The summed E-state index contributed by atoms with van der Waals surface area (Å²) in [6.07, 6.45) is 0. The molecule has 5 nitrogen and oxygen atoms in total. The van der Waals surface area contributed by atoms with E-state index in [0.29, 0.717) is 28.3 Å². The van der Waals surface area contributed by atoms with E-state index in [4.69, 9.17) is 14.7 Å². The third kappa shape index (κ3) is 2.15.